The molecule has 6 nitrogen and oxygen atoms in total. The average Bonchev–Trinajstić information content (AvgIpc) is 3.16. The standard InChI is InChI=1S/C15H13N3O3S3/c1-9-13(23-15(17-9)11-4-3-7-22-11)14(19)18-10-5-6-12(16-8-10)24(2,20)21/h3-8H,1-2H3,(H,18,19). The maximum Gasteiger partial charge on any atom is 0.267 e. The molecule has 0 radical (unpaired) electrons. The molecule has 124 valence electrons. The van der Waals surface area contributed by atoms with E-state index in [1.54, 1.807) is 18.3 Å². The fourth-order valence-electron chi connectivity index (χ4n) is 1.97. The van der Waals surface area contributed by atoms with Crippen LogP contribution < -0.4 is 5.32 Å². The normalized spacial score (nSPS) is 11.4. The van der Waals surface area contributed by atoms with Gasteiger partial charge in [0.2, 0.25) is 0 Å². The molecule has 1 amide bonds. The van der Waals surface area contributed by atoms with E-state index in [4.69, 9.17) is 0 Å². The van der Waals surface area contributed by atoms with Crippen molar-refractivity contribution in [3.05, 3.63) is 46.4 Å². The molecule has 0 spiro atoms. The second-order valence-corrected chi connectivity index (χ2v) is 8.93. The first kappa shape index (κ1) is 16.7. The molecule has 0 aliphatic heterocycles. The second kappa shape index (κ2) is 6.42. The van der Waals surface area contributed by atoms with Gasteiger partial charge in [-0.25, -0.2) is 18.4 Å². The number of carbonyl (C=O) groups excluding carboxylic acids is 1. The number of carbonyl (C=O) groups is 1. The van der Waals surface area contributed by atoms with Crippen LogP contribution in [0.15, 0.2) is 40.9 Å². The highest BCUT2D eigenvalue weighted by Gasteiger charge is 2.17. The molecule has 0 aliphatic carbocycles. The third-order valence-corrected chi connectivity index (χ3v) is 6.31. The molecule has 1 N–H and O–H groups in total. The summed E-state index contributed by atoms with van der Waals surface area (Å²) >= 11 is 2.89. The number of pyridine rings is 1. The highest BCUT2D eigenvalue weighted by molar-refractivity contribution is 7.90. The van der Waals surface area contributed by atoms with Crippen molar-refractivity contribution in [2.24, 2.45) is 0 Å². The van der Waals surface area contributed by atoms with Crippen LogP contribution in [-0.4, -0.2) is 30.5 Å². The zero-order valence-corrected chi connectivity index (χ0v) is 15.3. The summed E-state index contributed by atoms with van der Waals surface area (Å²) in [5, 5.41) is 5.44. The zero-order chi connectivity index (χ0) is 17.3. The Hall–Kier alpha value is -2.10. The van der Waals surface area contributed by atoms with Crippen molar-refractivity contribution in [1.82, 2.24) is 9.97 Å². The average molecular weight is 379 g/mol. The van der Waals surface area contributed by atoms with Gasteiger partial charge in [-0.05, 0) is 30.5 Å². The lowest BCUT2D eigenvalue weighted by molar-refractivity contribution is 0.102. The summed E-state index contributed by atoms with van der Waals surface area (Å²) in [5.74, 6) is -0.290. The number of thiazole rings is 1. The van der Waals surface area contributed by atoms with Crippen LogP contribution in [0.2, 0.25) is 0 Å². The van der Waals surface area contributed by atoms with Crippen molar-refractivity contribution in [1.29, 1.82) is 0 Å². The van der Waals surface area contributed by atoms with Crippen LogP contribution in [0, 0.1) is 6.92 Å². The molecule has 0 unspecified atom stereocenters. The lowest BCUT2D eigenvalue weighted by atomic mass is 10.3. The number of aryl methyl sites for hydroxylation is 1. The summed E-state index contributed by atoms with van der Waals surface area (Å²) in [6, 6.07) is 6.77. The molecule has 3 aromatic rings. The molecule has 3 aromatic heterocycles. The van der Waals surface area contributed by atoms with Crippen LogP contribution in [0.25, 0.3) is 9.88 Å². The van der Waals surface area contributed by atoms with Gasteiger partial charge in [0, 0.05) is 6.26 Å². The predicted octanol–water partition coefficient (Wildman–Crippen LogP) is 3.23. The summed E-state index contributed by atoms with van der Waals surface area (Å²) in [5.41, 5.74) is 1.08. The van der Waals surface area contributed by atoms with Gasteiger partial charge in [0.1, 0.15) is 9.88 Å². The third kappa shape index (κ3) is 3.53. The lowest BCUT2D eigenvalue weighted by Crippen LogP contribution is -2.12. The highest BCUT2D eigenvalue weighted by atomic mass is 32.2. The fraction of sp³-hybridized carbons (Fsp3) is 0.133. The van der Waals surface area contributed by atoms with E-state index >= 15 is 0 Å². The SMILES string of the molecule is Cc1nc(-c2cccs2)sc1C(=O)Nc1ccc(S(C)(=O)=O)nc1. The number of thiophene rings is 1. The van der Waals surface area contributed by atoms with Gasteiger partial charge in [0.05, 0.1) is 22.5 Å². The Morgan fingerprint density at radius 1 is 1.25 bits per heavy atom. The van der Waals surface area contributed by atoms with E-state index in [-0.39, 0.29) is 10.9 Å². The minimum absolute atomic E-state index is 0.0329. The number of nitrogens with one attached hydrogen (secondary N) is 1. The summed E-state index contributed by atoms with van der Waals surface area (Å²) < 4.78 is 22.8. The lowest BCUT2D eigenvalue weighted by Gasteiger charge is -2.04. The third-order valence-electron chi connectivity index (χ3n) is 3.11. The van der Waals surface area contributed by atoms with Gasteiger partial charge in [-0.15, -0.1) is 22.7 Å². The topological polar surface area (TPSA) is 89.0 Å². The molecule has 0 saturated heterocycles. The number of hydrogen-bond acceptors (Lipinski definition) is 7. The van der Waals surface area contributed by atoms with Gasteiger partial charge in [0.15, 0.2) is 14.9 Å². The van der Waals surface area contributed by atoms with E-state index < -0.39 is 9.84 Å². The predicted molar refractivity (Wildman–Crippen MR) is 95.5 cm³/mol. The van der Waals surface area contributed by atoms with Crippen LogP contribution in [0.5, 0.6) is 0 Å². The molecule has 0 aromatic carbocycles. The zero-order valence-electron chi connectivity index (χ0n) is 12.8. The number of rotatable bonds is 4. The van der Waals surface area contributed by atoms with Gasteiger partial charge in [-0.3, -0.25) is 4.79 Å². The van der Waals surface area contributed by atoms with Crippen molar-refractivity contribution in [2.45, 2.75) is 11.9 Å². The van der Waals surface area contributed by atoms with Crippen LogP contribution in [0.1, 0.15) is 15.4 Å². The van der Waals surface area contributed by atoms with Crippen molar-refractivity contribution in [3.63, 3.8) is 0 Å². The molecule has 3 heterocycles. The van der Waals surface area contributed by atoms with Gasteiger partial charge in [0.25, 0.3) is 5.91 Å². The van der Waals surface area contributed by atoms with Gasteiger partial charge in [-0.1, -0.05) is 6.07 Å². The number of sulfone groups is 1. The Labute approximate surface area is 147 Å². The van der Waals surface area contributed by atoms with Crippen molar-refractivity contribution in [2.75, 3.05) is 11.6 Å². The van der Waals surface area contributed by atoms with E-state index in [2.05, 4.69) is 15.3 Å². The van der Waals surface area contributed by atoms with E-state index in [1.165, 1.54) is 29.7 Å². The number of amides is 1. The number of anilines is 1. The van der Waals surface area contributed by atoms with E-state index in [0.29, 0.717) is 16.3 Å². The highest BCUT2D eigenvalue weighted by Crippen LogP contribution is 2.31. The molecular formula is C15H13N3O3S3. The minimum atomic E-state index is -3.36. The Kier molecular flexibility index (Phi) is 4.48. The first-order valence-electron chi connectivity index (χ1n) is 6.83. The number of aromatic nitrogens is 2. The fourth-order valence-corrected chi connectivity index (χ4v) is 4.29. The first-order valence-corrected chi connectivity index (χ1v) is 10.4. The van der Waals surface area contributed by atoms with Crippen LogP contribution >= 0.6 is 22.7 Å². The molecule has 0 saturated carbocycles. The van der Waals surface area contributed by atoms with Crippen LogP contribution in [0.3, 0.4) is 0 Å². The quantitative estimate of drug-likeness (QED) is 0.752. The largest absolute Gasteiger partial charge is 0.320 e. The van der Waals surface area contributed by atoms with Crippen molar-refractivity contribution < 1.29 is 13.2 Å². The Balaban J connectivity index is 1.80. The summed E-state index contributed by atoms with van der Waals surface area (Å²) in [6.45, 7) is 1.79. The Bertz CT molecular complexity index is 975. The van der Waals surface area contributed by atoms with Gasteiger partial charge >= 0.3 is 0 Å². The second-order valence-electron chi connectivity index (χ2n) is 5.02. The maximum atomic E-state index is 12.4. The molecular weight excluding hydrogens is 366 g/mol. The van der Waals surface area contributed by atoms with Gasteiger partial charge in [-0.2, -0.15) is 0 Å². The molecule has 9 heteroatoms. The molecule has 0 bridgehead atoms. The smallest absolute Gasteiger partial charge is 0.267 e. The van der Waals surface area contributed by atoms with E-state index in [0.717, 1.165) is 16.1 Å². The summed E-state index contributed by atoms with van der Waals surface area (Å²) in [7, 11) is -3.36. The summed E-state index contributed by atoms with van der Waals surface area (Å²) in [6.07, 6.45) is 2.41. The molecule has 0 aliphatic rings. The maximum absolute atomic E-state index is 12.4. The molecule has 0 atom stereocenters. The molecule has 0 fully saturated rings. The van der Waals surface area contributed by atoms with Crippen molar-refractivity contribution >= 4 is 44.1 Å². The minimum Gasteiger partial charge on any atom is -0.320 e. The molecule has 3 rings (SSSR count). The number of nitrogens with zero attached hydrogens (tertiary/aromatic N) is 2. The van der Waals surface area contributed by atoms with E-state index in [9.17, 15) is 13.2 Å². The molecule has 24 heavy (non-hydrogen) atoms. The van der Waals surface area contributed by atoms with Crippen molar-refractivity contribution in [3.8, 4) is 9.88 Å². The Morgan fingerprint density at radius 2 is 2.04 bits per heavy atom. The monoisotopic (exact) mass is 379 g/mol. The van der Waals surface area contributed by atoms with E-state index in [1.807, 2.05) is 17.5 Å². The van der Waals surface area contributed by atoms with Crippen LogP contribution in [-0.2, 0) is 9.84 Å². The van der Waals surface area contributed by atoms with Gasteiger partial charge < -0.3 is 5.32 Å². The van der Waals surface area contributed by atoms with Crippen LogP contribution in [0.4, 0.5) is 5.69 Å². The summed E-state index contributed by atoms with van der Waals surface area (Å²) in [4.78, 5) is 22.2. The number of hydrogen-bond donors (Lipinski definition) is 1. The Morgan fingerprint density at radius 3 is 2.62 bits per heavy atom. The first-order chi connectivity index (χ1) is 11.3.